The first-order chi connectivity index (χ1) is 13.9. The highest BCUT2D eigenvalue weighted by molar-refractivity contribution is 6.08. The van der Waals surface area contributed by atoms with E-state index in [9.17, 15) is 13.6 Å². The molecule has 1 amide bonds. The predicted molar refractivity (Wildman–Crippen MR) is 105 cm³/mol. The van der Waals surface area contributed by atoms with Gasteiger partial charge in [0.05, 0.1) is 6.61 Å². The monoisotopic (exact) mass is 401 g/mol. The number of ether oxygens (including phenoxy) is 2. The predicted octanol–water partition coefficient (Wildman–Crippen LogP) is 3.27. The Kier molecular flexibility index (Phi) is 5.81. The molecule has 1 heterocycles. The van der Waals surface area contributed by atoms with Crippen molar-refractivity contribution in [2.45, 2.75) is 18.6 Å². The van der Waals surface area contributed by atoms with Gasteiger partial charge >= 0.3 is 6.61 Å². The van der Waals surface area contributed by atoms with Crippen molar-refractivity contribution in [3.05, 3.63) is 72.3 Å². The summed E-state index contributed by atoms with van der Waals surface area (Å²) in [6.07, 6.45) is 2.42. The van der Waals surface area contributed by atoms with E-state index in [1.54, 1.807) is 30.3 Å². The fraction of sp³-hybridized carbons (Fsp3) is 0.238. The van der Waals surface area contributed by atoms with E-state index in [0.717, 1.165) is 0 Å². The molecule has 1 aliphatic heterocycles. The molecule has 29 heavy (non-hydrogen) atoms. The fourth-order valence-corrected chi connectivity index (χ4v) is 3.13. The van der Waals surface area contributed by atoms with Crippen LogP contribution in [0.2, 0.25) is 0 Å². The molecule has 0 bridgehead atoms. The number of rotatable bonds is 8. The van der Waals surface area contributed by atoms with Crippen LogP contribution in [0.25, 0.3) is 0 Å². The minimum Gasteiger partial charge on any atom is -0.493 e. The van der Waals surface area contributed by atoms with Gasteiger partial charge in [0, 0.05) is 7.05 Å². The number of benzene rings is 2. The third kappa shape index (κ3) is 3.91. The van der Waals surface area contributed by atoms with Crippen LogP contribution < -0.4 is 15.2 Å². The number of hydrogen-bond donors (Lipinski definition) is 1. The van der Waals surface area contributed by atoms with E-state index < -0.39 is 12.2 Å². The molecule has 1 aliphatic rings. The van der Waals surface area contributed by atoms with Gasteiger partial charge in [-0.1, -0.05) is 30.3 Å². The number of hydrogen-bond acceptors (Lipinski definition) is 5. The number of aliphatic imine (C=N–C) groups is 1. The number of nitrogens with two attached hydrogens (primary N) is 1. The summed E-state index contributed by atoms with van der Waals surface area (Å²) in [5.74, 6) is 0.246. The van der Waals surface area contributed by atoms with E-state index in [-0.39, 0.29) is 17.6 Å². The second kappa shape index (κ2) is 8.30. The molecule has 0 radical (unpaired) electrons. The molecule has 0 aliphatic carbocycles. The van der Waals surface area contributed by atoms with Crippen LogP contribution in [0.3, 0.4) is 0 Å². The summed E-state index contributed by atoms with van der Waals surface area (Å²) in [6, 6.07) is 12.8. The third-order valence-electron chi connectivity index (χ3n) is 4.58. The van der Waals surface area contributed by atoms with Crippen molar-refractivity contribution in [2.24, 2.45) is 10.7 Å². The number of carbonyl (C=O) groups is 1. The summed E-state index contributed by atoms with van der Waals surface area (Å²) in [6.45, 7) is 1.16. The summed E-state index contributed by atoms with van der Waals surface area (Å²) >= 11 is 0. The van der Waals surface area contributed by atoms with Gasteiger partial charge in [-0.25, -0.2) is 4.99 Å². The second-order valence-corrected chi connectivity index (χ2v) is 6.40. The lowest BCUT2D eigenvalue weighted by Crippen LogP contribution is -2.41. The molecule has 3 rings (SSSR count). The second-order valence-electron chi connectivity index (χ2n) is 6.40. The normalized spacial score (nSPS) is 18.7. The van der Waals surface area contributed by atoms with Crippen molar-refractivity contribution in [1.82, 2.24) is 4.90 Å². The van der Waals surface area contributed by atoms with Crippen molar-refractivity contribution in [3.63, 3.8) is 0 Å². The molecular weight excluding hydrogens is 380 g/mol. The molecule has 1 atom stereocenters. The first-order valence-electron chi connectivity index (χ1n) is 8.91. The molecule has 2 aromatic carbocycles. The Hall–Kier alpha value is -3.42. The van der Waals surface area contributed by atoms with Gasteiger partial charge in [0.1, 0.15) is 11.5 Å². The quantitative estimate of drug-likeness (QED) is 0.544. The Balaban J connectivity index is 2.06. The average molecular weight is 401 g/mol. The highest BCUT2D eigenvalue weighted by Crippen LogP contribution is 2.40. The SMILES string of the molecule is C=CCCOc1cccc(C2(c3ccc(OC(F)F)cc3)N=C(N)N(C)C2=O)c1. The maximum Gasteiger partial charge on any atom is 0.387 e. The zero-order chi connectivity index (χ0) is 21.0. The molecule has 8 heteroatoms. The van der Waals surface area contributed by atoms with Crippen LogP contribution in [0.4, 0.5) is 8.78 Å². The van der Waals surface area contributed by atoms with E-state index in [0.29, 0.717) is 29.9 Å². The zero-order valence-electron chi connectivity index (χ0n) is 15.8. The smallest absolute Gasteiger partial charge is 0.387 e. The van der Waals surface area contributed by atoms with Gasteiger partial charge < -0.3 is 15.2 Å². The molecule has 2 N–H and O–H groups in total. The third-order valence-corrected chi connectivity index (χ3v) is 4.58. The van der Waals surface area contributed by atoms with Gasteiger partial charge in [0.2, 0.25) is 0 Å². The highest BCUT2D eigenvalue weighted by Gasteiger charge is 2.49. The number of nitrogens with zero attached hydrogens (tertiary/aromatic N) is 2. The average Bonchev–Trinajstić information content (AvgIpc) is 2.93. The molecule has 0 aromatic heterocycles. The molecule has 0 saturated carbocycles. The summed E-state index contributed by atoms with van der Waals surface area (Å²) in [5, 5.41) is 0. The molecule has 2 aromatic rings. The molecule has 0 spiro atoms. The maximum absolute atomic E-state index is 13.2. The van der Waals surface area contributed by atoms with Gasteiger partial charge in [0.25, 0.3) is 5.91 Å². The van der Waals surface area contributed by atoms with Gasteiger partial charge in [-0.05, 0) is 41.8 Å². The lowest BCUT2D eigenvalue weighted by molar-refractivity contribution is -0.129. The van der Waals surface area contributed by atoms with E-state index in [4.69, 9.17) is 10.5 Å². The summed E-state index contributed by atoms with van der Waals surface area (Å²) in [5.41, 5.74) is 5.52. The Morgan fingerprint density at radius 2 is 1.93 bits per heavy atom. The van der Waals surface area contributed by atoms with Crippen LogP contribution in [0.1, 0.15) is 17.5 Å². The minimum atomic E-state index is -2.94. The van der Waals surface area contributed by atoms with E-state index in [2.05, 4.69) is 16.3 Å². The lowest BCUT2D eigenvalue weighted by Gasteiger charge is -2.26. The van der Waals surface area contributed by atoms with E-state index in [1.807, 2.05) is 0 Å². The molecule has 1 unspecified atom stereocenters. The first kappa shape index (κ1) is 20.3. The number of carbonyl (C=O) groups excluding carboxylic acids is 1. The molecule has 0 fully saturated rings. The number of amides is 1. The Bertz CT molecular complexity index is 931. The maximum atomic E-state index is 13.2. The topological polar surface area (TPSA) is 77.2 Å². The van der Waals surface area contributed by atoms with Gasteiger partial charge in [-0.15, -0.1) is 6.58 Å². The van der Waals surface area contributed by atoms with Crippen molar-refractivity contribution in [3.8, 4) is 11.5 Å². The number of likely N-dealkylation sites (N-methyl/N-ethyl adjacent to an activating group) is 1. The van der Waals surface area contributed by atoms with Crippen molar-refractivity contribution >= 4 is 11.9 Å². The van der Waals surface area contributed by atoms with Gasteiger partial charge in [0.15, 0.2) is 11.5 Å². The Morgan fingerprint density at radius 3 is 2.52 bits per heavy atom. The number of alkyl halides is 2. The fourth-order valence-electron chi connectivity index (χ4n) is 3.13. The van der Waals surface area contributed by atoms with Gasteiger partial charge in [-0.3, -0.25) is 9.69 Å². The molecular formula is C21H21F2N3O3. The van der Waals surface area contributed by atoms with Crippen molar-refractivity contribution < 1.29 is 23.0 Å². The largest absolute Gasteiger partial charge is 0.493 e. The Morgan fingerprint density at radius 1 is 1.21 bits per heavy atom. The molecule has 0 saturated heterocycles. The zero-order valence-corrected chi connectivity index (χ0v) is 15.8. The Labute approximate surface area is 167 Å². The summed E-state index contributed by atoms with van der Waals surface area (Å²) in [7, 11) is 1.53. The van der Waals surface area contributed by atoms with Crippen molar-refractivity contribution in [1.29, 1.82) is 0 Å². The standard InChI is InChI=1S/C21H21F2N3O3/c1-3-4-12-28-17-7-5-6-15(13-17)21(18(27)26(2)20(24)25-21)14-8-10-16(11-9-14)29-19(22)23/h3,5-11,13,19H,1,4,12H2,2H3,(H2,24,25). The lowest BCUT2D eigenvalue weighted by atomic mass is 9.82. The number of guanidine groups is 1. The van der Waals surface area contributed by atoms with Crippen LogP contribution in [0, 0.1) is 0 Å². The van der Waals surface area contributed by atoms with E-state index >= 15 is 0 Å². The summed E-state index contributed by atoms with van der Waals surface area (Å²) in [4.78, 5) is 18.9. The number of halogens is 2. The van der Waals surface area contributed by atoms with Gasteiger partial charge in [-0.2, -0.15) is 8.78 Å². The van der Waals surface area contributed by atoms with Crippen LogP contribution in [0.5, 0.6) is 11.5 Å². The molecule has 152 valence electrons. The van der Waals surface area contributed by atoms with Crippen LogP contribution in [-0.2, 0) is 10.3 Å². The van der Waals surface area contributed by atoms with E-state index in [1.165, 1.54) is 36.2 Å². The highest BCUT2D eigenvalue weighted by atomic mass is 19.3. The van der Waals surface area contributed by atoms with Crippen LogP contribution >= 0.6 is 0 Å². The van der Waals surface area contributed by atoms with Crippen LogP contribution in [-0.4, -0.2) is 37.0 Å². The minimum absolute atomic E-state index is 0.0174. The van der Waals surface area contributed by atoms with Crippen molar-refractivity contribution in [2.75, 3.05) is 13.7 Å². The first-order valence-corrected chi connectivity index (χ1v) is 8.91. The summed E-state index contributed by atoms with van der Waals surface area (Å²) < 4.78 is 35.0. The van der Waals surface area contributed by atoms with Crippen LogP contribution in [0.15, 0.2) is 66.2 Å². The molecule has 6 nitrogen and oxygen atoms in total.